The lowest BCUT2D eigenvalue weighted by Gasteiger charge is -2.18. The van der Waals surface area contributed by atoms with Crippen LogP contribution in [0.5, 0.6) is 5.75 Å². The first-order valence-electron chi connectivity index (χ1n) is 9.15. The van der Waals surface area contributed by atoms with E-state index < -0.39 is 23.4 Å². The number of anilines is 2. The van der Waals surface area contributed by atoms with Gasteiger partial charge < -0.3 is 10.1 Å². The molecule has 0 radical (unpaired) electrons. The van der Waals surface area contributed by atoms with E-state index in [4.69, 9.17) is 16.3 Å². The van der Waals surface area contributed by atoms with E-state index in [2.05, 4.69) is 5.32 Å². The van der Waals surface area contributed by atoms with E-state index in [0.717, 1.165) is 17.0 Å². The highest BCUT2D eigenvalue weighted by Crippen LogP contribution is 2.38. The summed E-state index contributed by atoms with van der Waals surface area (Å²) >= 11 is 5.96. The highest BCUT2D eigenvalue weighted by Gasteiger charge is 2.41. The van der Waals surface area contributed by atoms with Crippen molar-refractivity contribution in [3.8, 4) is 5.75 Å². The molecule has 0 saturated carbocycles. The van der Waals surface area contributed by atoms with E-state index in [1.807, 2.05) is 0 Å². The van der Waals surface area contributed by atoms with Crippen molar-refractivity contribution in [3.05, 3.63) is 94.6 Å². The molecule has 5 nitrogen and oxygen atoms in total. The van der Waals surface area contributed by atoms with Crippen molar-refractivity contribution in [2.24, 2.45) is 0 Å². The SMILES string of the molecule is COc1ccccc1N1C(=O)C(Nc2ccc(F)c(F)c2)=C(c2ccc(Cl)cc2)C1=O. The van der Waals surface area contributed by atoms with Crippen LogP contribution in [0.15, 0.2) is 72.4 Å². The van der Waals surface area contributed by atoms with Crippen molar-refractivity contribution < 1.29 is 23.1 Å². The molecule has 2 amide bonds. The lowest BCUT2D eigenvalue weighted by atomic mass is 10.0. The van der Waals surface area contributed by atoms with Crippen LogP contribution in [0, 0.1) is 11.6 Å². The Bertz CT molecular complexity index is 1230. The van der Waals surface area contributed by atoms with E-state index >= 15 is 0 Å². The number of ether oxygens (including phenoxy) is 1. The van der Waals surface area contributed by atoms with Crippen molar-refractivity contribution in [1.29, 1.82) is 0 Å². The third-order valence-corrected chi connectivity index (χ3v) is 4.98. The van der Waals surface area contributed by atoms with Gasteiger partial charge >= 0.3 is 0 Å². The van der Waals surface area contributed by atoms with Crippen LogP contribution in [0.2, 0.25) is 5.02 Å². The Balaban J connectivity index is 1.84. The smallest absolute Gasteiger partial charge is 0.282 e. The average Bonchev–Trinajstić information content (AvgIpc) is 3.01. The zero-order valence-corrected chi connectivity index (χ0v) is 16.9. The molecule has 156 valence electrons. The number of imide groups is 1. The van der Waals surface area contributed by atoms with E-state index in [1.165, 1.54) is 13.2 Å². The van der Waals surface area contributed by atoms with Gasteiger partial charge in [-0.05, 0) is 42.0 Å². The van der Waals surface area contributed by atoms with Crippen LogP contribution >= 0.6 is 11.6 Å². The zero-order valence-electron chi connectivity index (χ0n) is 16.2. The molecule has 4 rings (SSSR count). The number of rotatable bonds is 5. The Hall–Kier alpha value is -3.71. The fraction of sp³-hybridized carbons (Fsp3) is 0.0435. The van der Waals surface area contributed by atoms with Crippen molar-refractivity contribution in [3.63, 3.8) is 0 Å². The summed E-state index contributed by atoms with van der Waals surface area (Å²) in [7, 11) is 1.43. The third-order valence-electron chi connectivity index (χ3n) is 4.73. The molecule has 0 aromatic heterocycles. The normalized spacial score (nSPS) is 13.7. The summed E-state index contributed by atoms with van der Waals surface area (Å²) in [4.78, 5) is 27.7. The fourth-order valence-electron chi connectivity index (χ4n) is 3.28. The average molecular weight is 441 g/mol. The first kappa shape index (κ1) is 20.6. The minimum absolute atomic E-state index is 0.0669. The van der Waals surface area contributed by atoms with Gasteiger partial charge in [0.05, 0.1) is 18.4 Å². The van der Waals surface area contributed by atoms with Crippen LogP contribution < -0.4 is 15.0 Å². The van der Waals surface area contributed by atoms with Gasteiger partial charge in [-0.3, -0.25) is 9.59 Å². The predicted octanol–water partition coefficient (Wildman–Crippen LogP) is 5.02. The Morgan fingerprint density at radius 2 is 1.61 bits per heavy atom. The van der Waals surface area contributed by atoms with Crippen molar-refractivity contribution in [1.82, 2.24) is 0 Å². The minimum atomic E-state index is -1.09. The molecule has 0 unspecified atom stereocenters. The lowest BCUT2D eigenvalue weighted by molar-refractivity contribution is -0.120. The second-order valence-electron chi connectivity index (χ2n) is 6.63. The summed E-state index contributed by atoms with van der Waals surface area (Å²) in [6, 6.07) is 16.1. The molecule has 31 heavy (non-hydrogen) atoms. The molecule has 0 saturated heterocycles. The molecule has 1 heterocycles. The Labute approximate surface area is 181 Å². The molecule has 1 aliphatic rings. The van der Waals surface area contributed by atoms with Crippen LogP contribution in [-0.2, 0) is 9.59 Å². The summed E-state index contributed by atoms with van der Waals surface area (Å²) in [5.41, 5.74) is 0.795. The number of para-hydroxylation sites is 2. The first-order valence-corrected chi connectivity index (χ1v) is 9.52. The number of carbonyl (C=O) groups excluding carboxylic acids is 2. The Kier molecular flexibility index (Phi) is 5.44. The maximum absolute atomic E-state index is 13.7. The number of halogens is 3. The van der Waals surface area contributed by atoms with Gasteiger partial charge in [-0.15, -0.1) is 0 Å². The summed E-state index contributed by atoms with van der Waals surface area (Å²) in [5.74, 6) is -3.04. The maximum Gasteiger partial charge on any atom is 0.282 e. The molecule has 0 spiro atoms. The number of hydrogen-bond acceptors (Lipinski definition) is 4. The van der Waals surface area contributed by atoms with Gasteiger partial charge in [0, 0.05) is 16.8 Å². The van der Waals surface area contributed by atoms with E-state index in [-0.39, 0.29) is 22.6 Å². The molecule has 0 atom stereocenters. The van der Waals surface area contributed by atoms with E-state index in [9.17, 15) is 18.4 Å². The standard InChI is InChI=1S/C23H15ClF2N2O3/c1-31-19-5-3-2-4-18(19)28-22(29)20(13-6-8-14(24)9-7-13)21(23(28)30)27-15-10-11-16(25)17(26)12-15/h2-12,27H,1H3. The third kappa shape index (κ3) is 3.75. The van der Waals surface area contributed by atoms with Crippen molar-refractivity contribution >= 4 is 40.4 Å². The van der Waals surface area contributed by atoms with Crippen LogP contribution in [0.3, 0.4) is 0 Å². The van der Waals surface area contributed by atoms with E-state index in [1.54, 1.807) is 48.5 Å². The van der Waals surface area contributed by atoms with Crippen molar-refractivity contribution in [2.75, 3.05) is 17.3 Å². The van der Waals surface area contributed by atoms with Crippen LogP contribution in [0.1, 0.15) is 5.56 Å². The fourth-order valence-corrected chi connectivity index (χ4v) is 3.41. The zero-order chi connectivity index (χ0) is 22.1. The molecular weight excluding hydrogens is 426 g/mol. The maximum atomic E-state index is 13.7. The summed E-state index contributed by atoms with van der Waals surface area (Å²) < 4.78 is 32.3. The van der Waals surface area contributed by atoms with E-state index in [0.29, 0.717) is 16.3 Å². The van der Waals surface area contributed by atoms with Gasteiger partial charge in [0.25, 0.3) is 11.8 Å². The molecular formula is C23H15ClF2N2O3. The minimum Gasteiger partial charge on any atom is -0.495 e. The Morgan fingerprint density at radius 1 is 0.903 bits per heavy atom. The number of nitrogens with one attached hydrogen (secondary N) is 1. The van der Waals surface area contributed by atoms with Gasteiger partial charge in [-0.25, -0.2) is 13.7 Å². The quantitative estimate of drug-likeness (QED) is 0.566. The van der Waals surface area contributed by atoms with Crippen molar-refractivity contribution in [2.45, 2.75) is 0 Å². The van der Waals surface area contributed by atoms with Gasteiger partial charge in [0.15, 0.2) is 11.6 Å². The van der Waals surface area contributed by atoms with Gasteiger partial charge in [0.1, 0.15) is 11.4 Å². The Morgan fingerprint density at radius 3 is 2.29 bits per heavy atom. The van der Waals surface area contributed by atoms with Gasteiger partial charge in [0.2, 0.25) is 0 Å². The molecule has 3 aromatic carbocycles. The number of benzene rings is 3. The second-order valence-corrected chi connectivity index (χ2v) is 7.06. The highest BCUT2D eigenvalue weighted by atomic mass is 35.5. The number of amides is 2. The number of methoxy groups -OCH3 is 1. The molecule has 1 aliphatic heterocycles. The summed E-state index contributed by atoms with van der Waals surface area (Å²) in [6.45, 7) is 0. The summed E-state index contributed by atoms with van der Waals surface area (Å²) in [6.07, 6.45) is 0. The first-order chi connectivity index (χ1) is 14.9. The topological polar surface area (TPSA) is 58.6 Å². The molecule has 1 N–H and O–H groups in total. The molecule has 0 fully saturated rings. The second kappa shape index (κ2) is 8.20. The van der Waals surface area contributed by atoms with Gasteiger partial charge in [-0.1, -0.05) is 35.9 Å². The number of hydrogen-bond donors (Lipinski definition) is 1. The summed E-state index contributed by atoms with van der Waals surface area (Å²) in [5, 5.41) is 3.23. The molecule has 3 aromatic rings. The van der Waals surface area contributed by atoms with Crippen LogP contribution in [0.25, 0.3) is 5.57 Å². The largest absolute Gasteiger partial charge is 0.495 e. The molecule has 0 bridgehead atoms. The predicted molar refractivity (Wildman–Crippen MR) is 114 cm³/mol. The number of nitrogens with zero attached hydrogens (tertiary/aromatic N) is 1. The highest BCUT2D eigenvalue weighted by molar-refractivity contribution is 6.46. The monoisotopic (exact) mass is 440 g/mol. The molecule has 0 aliphatic carbocycles. The van der Waals surface area contributed by atoms with Crippen LogP contribution in [0.4, 0.5) is 20.2 Å². The van der Waals surface area contributed by atoms with Gasteiger partial charge in [-0.2, -0.15) is 0 Å². The lowest BCUT2D eigenvalue weighted by Crippen LogP contribution is -2.32. The number of carbonyl (C=O) groups is 2. The molecule has 8 heteroatoms. The van der Waals surface area contributed by atoms with Crippen LogP contribution in [-0.4, -0.2) is 18.9 Å².